The molecule has 1 aromatic heterocycles. The number of aryl methyl sites for hydroxylation is 1. The molecule has 0 aliphatic heterocycles. The fraction of sp³-hybridized carbons (Fsp3) is 0.273. The number of nitrogens with zero attached hydrogens (tertiary/aromatic N) is 1. The molecule has 0 spiro atoms. The van der Waals surface area contributed by atoms with Crippen LogP contribution in [-0.2, 0) is 11.3 Å². The zero-order valence-corrected chi connectivity index (χ0v) is 15.6. The Bertz CT molecular complexity index is 976. The van der Waals surface area contributed by atoms with Gasteiger partial charge in [0, 0.05) is 30.6 Å². The highest BCUT2D eigenvalue weighted by Crippen LogP contribution is 2.19. The number of carbonyl (C=O) groups is 1. The fourth-order valence-corrected chi connectivity index (χ4v) is 2.84. The van der Waals surface area contributed by atoms with Crippen LogP contribution in [0.15, 0.2) is 63.8 Å². The van der Waals surface area contributed by atoms with Gasteiger partial charge in [-0.1, -0.05) is 36.8 Å². The first-order chi connectivity index (χ1) is 13.0. The van der Waals surface area contributed by atoms with Crippen molar-refractivity contribution in [1.82, 2.24) is 4.90 Å². The number of benzene rings is 2. The summed E-state index contributed by atoms with van der Waals surface area (Å²) in [5.41, 5.74) is 2.31. The van der Waals surface area contributed by atoms with Gasteiger partial charge in [-0.25, -0.2) is 4.79 Å². The van der Waals surface area contributed by atoms with E-state index in [1.165, 1.54) is 11.6 Å². The van der Waals surface area contributed by atoms with Crippen molar-refractivity contribution >= 4 is 16.9 Å². The molecule has 0 aliphatic carbocycles. The van der Waals surface area contributed by atoms with Crippen LogP contribution in [0.5, 0.6) is 5.75 Å². The minimum atomic E-state index is -0.414. The number of hydrogen-bond acceptors (Lipinski definition) is 4. The zero-order chi connectivity index (χ0) is 19.2. The van der Waals surface area contributed by atoms with Gasteiger partial charge in [0.25, 0.3) is 5.91 Å². The van der Waals surface area contributed by atoms with Gasteiger partial charge in [0.05, 0.1) is 0 Å². The Morgan fingerprint density at radius 1 is 1.07 bits per heavy atom. The lowest BCUT2D eigenvalue weighted by Gasteiger charge is -2.22. The molecule has 27 heavy (non-hydrogen) atoms. The molecule has 2 aromatic carbocycles. The van der Waals surface area contributed by atoms with Crippen molar-refractivity contribution in [3.05, 3.63) is 76.1 Å². The Kier molecular flexibility index (Phi) is 5.91. The molecule has 3 rings (SSSR count). The second-order valence-electron chi connectivity index (χ2n) is 6.54. The van der Waals surface area contributed by atoms with Gasteiger partial charge in [0.2, 0.25) is 0 Å². The van der Waals surface area contributed by atoms with Gasteiger partial charge in [0.1, 0.15) is 11.3 Å². The standard InChI is InChI=1S/C22H23NO4/c1-3-12-23(14-17-6-4-16(2)5-7-17)21(24)15-26-19-10-8-18-9-11-22(25)27-20(18)13-19/h4-11,13H,3,12,14-15H2,1-2H3. The number of hydrogen-bond donors (Lipinski definition) is 0. The van der Waals surface area contributed by atoms with E-state index in [9.17, 15) is 9.59 Å². The molecule has 0 bridgehead atoms. The molecule has 0 aliphatic rings. The fourth-order valence-electron chi connectivity index (χ4n) is 2.84. The maximum atomic E-state index is 12.6. The predicted octanol–water partition coefficient (Wildman–Crippen LogP) is 3.92. The van der Waals surface area contributed by atoms with Crippen LogP contribution < -0.4 is 10.4 Å². The van der Waals surface area contributed by atoms with Crippen LogP contribution in [0.3, 0.4) is 0 Å². The third-order valence-electron chi connectivity index (χ3n) is 4.30. The number of fused-ring (bicyclic) bond motifs is 1. The van der Waals surface area contributed by atoms with E-state index in [0.717, 1.165) is 17.4 Å². The van der Waals surface area contributed by atoms with Crippen LogP contribution >= 0.6 is 0 Å². The van der Waals surface area contributed by atoms with E-state index in [1.54, 1.807) is 29.2 Å². The van der Waals surface area contributed by atoms with E-state index in [1.807, 2.05) is 38.1 Å². The molecule has 0 fully saturated rings. The summed E-state index contributed by atoms with van der Waals surface area (Å²) in [6.07, 6.45) is 0.874. The van der Waals surface area contributed by atoms with E-state index in [0.29, 0.717) is 24.4 Å². The summed E-state index contributed by atoms with van der Waals surface area (Å²) in [5, 5.41) is 0.806. The average molecular weight is 365 g/mol. The minimum Gasteiger partial charge on any atom is -0.484 e. The van der Waals surface area contributed by atoms with E-state index in [4.69, 9.17) is 9.15 Å². The summed E-state index contributed by atoms with van der Waals surface area (Å²) in [6, 6.07) is 16.4. The van der Waals surface area contributed by atoms with Crippen LogP contribution in [0, 0.1) is 6.92 Å². The number of amides is 1. The lowest BCUT2D eigenvalue weighted by molar-refractivity contribution is -0.134. The van der Waals surface area contributed by atoms with E-state index in [-0.39, 0.29) is 12.5 Å². The molecule has 0 N–H and O–H groups in total. The first-order valence-corrected chi connectivity index (χ1v) is 9.05. The quantitative estimate of drug-likeness (QED) is 0.596. The molecular formula is C22H23NO4. The maximum Gasteiger partial charge on any atom is 0.336 e. The van der Waals surface area contributed by atoms with Gasteiger partial charge < -0.3 is 14.1 Å². The summed E-state index contributed by atoms with van der Waals surface area (Å²) >= 11 is 0. The summed E-state index contributed by atoms with van der Waals surface area (Å²) < 4.78 is 10.8. The lowest BCUT2D eigenvalue weighted by Crippen LogP contribution is -2.35. The Hall–Kier alpha value is -3.08. The van der Waals surface area contributed by atoms with Gasteiger partial charge in [-0.15, -0.1) is 0 Å². The van der Waals surface area contributed by atoms with Crippen molar-refractivity contribution in [2.45, 2.75) is 26.8 Å². The summed E-state index contributed by atoms with van der Waals surface area (Å²) in [4.78, 5) is 25.8. The van der Waals surface area contributed by atoms with E-state index in [2.05, 4.69) is 0 Å². The highest BCUT2D eigenvalue weighted by atomic mass is 16.5. The minimum absolute atomic E-state index is 0.0611. The second-order valence-corrected chi connectivity index (χ2v) is 6.54. The summed E-state index contributed by atoms with van der Waals surface area (Å²) in [7, 11) is 0. The first-order valence-electron chi connectivity index (χ1n) is 9.05. The molecule has 5 nitrogen and oxygen atoms in total. The Morgan fingerprint density at radius 3 is 2.56 bits per heavy atom. The number of ether oxygens (including phenoxy) is 1. The van der Waals surface area contributed by atoms with Gasteiger partial charge in [0.15, 0.2) is 6.61 Å². The maximum absolute atomic E-state index is 12.6. The van der Waals surface area contributed by atoms with Crippen molar-refractivity contribution in [3.63, 3.8) is 0 Å². The second kappa shape index (κ2) is 8.54. The van der Waals surface area contributed by atoms with Crippen LogP contribution in [0.2, 0.25) is 0 Å². The van der Waals surface area contributed by atoms with Crippen LogP contribution in [0.25, 0.3) is 11.0 Å². The monoisotopic (exact) mass is 365 g/mol. The van der Waals surface area contributed by atoms with Crippen molar-refractivity contribution in [2.75, 3.05) is 13.2 Å². The molecule has 1 amide bonds. The zero-order valence-electron chi connectivity index (χ0n) is 15.6. The topological polar surface area (TPSA) is 59.8 Å². The van der Waals surface area contributed by atoms with E-state index >= 15 is 0 Å². The van der Waals surface area contributed by atoms with Gasteiger partial charge in [-0.3, -0.25) is 4.79 Å². The van der Waals surface area contributed by atoms with Gasteiger partial charge in [-0.2, -0.15) is 0 Å². The molecule has 1 heterocycles. The molecular weight excluding hydrogens is 342 g/mol. The van der Waals surface area contributed by atoms with Crippen molar-refractivity contribution in [2.24, 2.45) is 0 Å². The average Bonchev–Trinajstić information content (AvgIpc) is 2.67. The first kappa shape index (κ1) is 18.7. The van der Waals surface area contributed by atoms with E-state index < -0.39 is 5.63 Å². The summed E-state index contributed by atoms with van der Waals surface area (Å²) in [5.74, 6) is 0.420. The normalized spacial score (nSPS) is 10.7. The predicted molar refractivity (Wildman–Crippen MR) is 105 cm³/mol. The Balaban J connectivity index is 1.66. The van der Waals surface area contributed by atoms with Crippen LogP contribution in [-0.4, -0.2) is 24.0 Å². The Labute approximate surface area is 158 Å². The third-order valence-corrected chi connectivity index (χ3v) is 4.30. The largest absolute Gasteiger partial charge is 0.484 e. The highest BCUT2D eigenvalue weighted by Gasteiger charge is 2.14. The third kappa shape index (κ3) is 4.97. The lowest BCUT2D eigenvalue weighted by atomic mass is 10.1. The van der Waals surface area contributed by atoms with Crippen LogP contribution in [0.4, 0.5) is 0 Å². The van der Waals surface area contributed by atoms with Crippen molar-refractivity contribution < 1.29 is 13.9 Å². The van der Waals surface area contributed by atoms with Gasteiger partial charge in [-0.05, 0) is 37.1 Å². The molecule has 3 aromatic rings. The summed E-state index contributed by atoms with van der Waals surface area (Å²) in [6.45, 7) is 5.25. The molecule has 0 unspecified atom stereocenters. The number of carbonyl (C=O) groups excluding carboxylic acids is 1. The molecule has 0 saturated heterocycles. The molecule has 0 saturated carbocycles. The highest BCUT2D eigenvalue weighted by molar-refractivity contribution is 5.79. The van der Waals surface area contributed by atoms with Gasteiger partial charge >= 0.3 is 5.63 Å². The Morgan fingerprint density at radius 2 is 1.81 bits per heavy atom. The van der Waals surface area contributed by atoms with Crippen molar-refractivity contribution in [3.8, 4) is 5.75 Å². The van der Waals surface area contributed by atoms with Crippen LogP contribution in [0.1, 0.15) is 24.5 Å². The molecule has 140 valence electrons. The SMILES string of the molecule is CCCN(Cc1ccc(C)cc1)C(=O)COc1ccc2ccc(=O)oc2c1. The smallest absolute Gasteiger partial charge is 0.336 e. The molecule has 0 atom stereocenters. The molecule has 5 heteroatoms. The molecule has 0 radical (unpaired) electrons. The number of rotatable bonds is 7. The van der Waals surface area contributed by atoms with Crippen molar-refractivity contribution in [1.29, 1.82) is 0 Å².